The van der Waals surface area contributed by atoms with Gasteiger partial charge in [0, 0.05) is 23.5 Å². The zero-order chi connectivity index (χ0) is 19.3. The highest BCUT2D eigenvalue weighted by atomic mass is 16.5. The quantitative estimate of drug-likeness (QED) is 0.417. The molecule has 0 saturated heterocycles. The molecule has 0 aliphatic rings. The van der Waals surface area contributed by atoms with Gasteiger partial charge in [0.15, 0.2) is 11.5 Å². The predicted octanol–water partition coefficient (Wildman–Crippen LogP) is 6.10. The van der Waals surface area contributed by atoms with Crippen LogP contribution in [0.25, 0.3) is 11.1 Å². The van der Waals surface area contributed by atoms with E-state index in [4.69, 9.17) is 20.9 Å². The predicted molar refractivity (Wildman–Crippen MR) is 114 cm³/mol. The van der Waals surface area contributed by atoms with Gasteiger partial charge in [-0.15, -0.1) is 0 Å². The molecule has 0 aliphatic carbocycles. The summed E-state index contributed by atoms with van der Waals surface area (Å²) in [5.74, 6) is 2.47. The summed E-state index contributed by atoms with van der Waals surface area (Å²) in [4.78, 5) is 0. The Morgan fingerprint density at radius 1 is 0.464 bits per heavy atom. The number of nitrogen functional groups attached to an aromatic ring is 2. The standard InChI is InChI=1S/C24H20N2O2/c25-19-8-4-10-21(15-19)27-23-13-12-18(17-6-2-1-3-7-17)14-24(23)28-22-11-5-9-20(26)16-22/h1-16H,25-26H2. The smallest absolute Gasteiger partial charge is 0.170 e. The lowest BCUT2D eigenvalue weighted by Crippen LogP contribution is -1.93. The van der Waals surface area contributed by atoms with E-state index >= 15 is 0 Å². The molecule has 4 heteroatoms. The van der Waals surface area contributed by atoms with Gasteiger partial charge in [0.1, 0.15) is 11.5 Å². The number of nitrogens with two attached hydrogens (primary N) is 2. The second-order valence-corrected chi connectivity index (χ2v) is 6.38. The van der Waals surface area contributed by atoms with Crippen LogP contribution in [-0.2, 0) is 0 Å². The van der Waals surface area contributed by atoms with Crippen LogP contribution in [0.4, 0.5) is 11.4 Å². The van der Waals surface area contributed by atoms with Crippen LogP contribution in [0.1, 0.15) is 0 Å². The summed E-state index contributed by atoms with van der Waals surface area (Å²) in [5, 5.41) is 0. The zero-order valence-corrected chi connectivity index (χ0v) is 15.2. The van der Waals surface area contributed by atoms with E-state index in [1.54, 1.807) is 12.1 Å². The Balaban J connectivity index is 1.73. The normalized spacial score (nSPS) is 10.4. The molecule has 4 rings (SSSR count). The first-order chi connectivity index (χ1) is 13.7. The molecule has 4 nitrogen and oxygen atoms in total. The van der Waals surface area contributed by atoms with Gasteiger partial charge < -0.3 is 20.9 Å². The lowest BCUT2D eigenvalue weighted by Gasteiger charge is -2.14. The molecule has 0 spiro atoms. The SMILES string of the molecule is Nc1cccc(Oc2ccc(-c3ccccc3)cc2Oc2cccc(N)c2)c1. The maximum Gasteiger partial charge on any atom is 0.170 e. The van der Waals surface area contributed by atoms with Crippen molar-refractivity contribution in [1.29, 1.82) is 0 Å². The van der Waals surface area contributed by atoms with E-state index in [9.17, 15) is 0 Å². The monoisotopic (exact) mass is 368 g/mol. The van der Waals surface area contributed by atoms with Crippen LogP contribution in [0.5, 0.6) is 23.0 Å². The first kappa shape index (κ1) is 17.5. The Kier molecular flexibility index (Phi) is 4.85. The fraction of sp³-hybridized carbons (Fsp3) is 0. The second-order valence-electron chi connectivity index (χ2n) is 6.38. The maximum absolute atomic E-state index is 6.12. The Morgan fingerprint density at radius 2 is 1.07 bits per heavy atom. The van der Waals surface area contributed by atoms with Crippen LogP contribution in [0.15, 0.2) is 97.1 Å². The van der Waals surface area contributed by atoms with Gasteiger partial charge in [0.25, 0.3) is 0 Å². The van der Waals surface area contributed by atoms with Crippen molar-refractivity contribution < 1.29 is 9.47 Å². The summed E-state index contributed by atoms with van der Waals surface area (Å²) in [7, 11) is 0. The van der Waals surface area contributed by atoms with Gasteiger partial charge in [-0.2, -0.15) is 0 Å². The van der Waals surface area contributed by atoms with E-state index in [2.05, 4.69) is 12.1 Å². The molecule has 0 saturated carbocycles. The first-order valence-electron chi connectivity index (χ1n) is 8.94. The fourth-order valence-electron chi connectivity index (χ4n) is 2.89. The van der Waals surface area contributed by atoms with Crippen LogP contribution in [0, 0.1) is 0 Å². The Hall–Kier alpha value is -3.92. The van der Waals surface area contributed by atoms with E-state index in [1.165, 1.54) is 0 Å². The van der Waals surface area contributed by atoms with Gasteiger partial charge in [-0.3, -0.25) is 0 Å². The van der Waals surface area contributed by atoms with Crippen molar-refractivity contribution in [3.8, 4) is 34.1 Å². The molecule has 0 radical (unpaired) electrons. The molecule has 0 unspecified atom stereocenters. The van der Waals surface area contributed by atoms with Gasteiger partial charge in [-0.05, 0) is 47.5 Å². The molecule has 4 aromatic rings. The highest BCUT2D eigenvalue weighted by Crippen LogP contribution is 2.38. The molecular weight excluding hydrogens is 348 g/mol. The minimum absolute atomic E-state index is 0.590. The molecule has 4 aromatic carbocycles. The Labute approximate surface area is 164 Å². The third kappa shape index (κ3) is 4.07. The highest BCUT2D eigenvalue weighted by molar-refractivity contribution is 5.68. The van der Waals surface area contributed by atoms with Gasteiger partial charge in [-0.25, -0.2) is 0 Å². The number of hydrogen-bond acceptors (Lipinski definition) is 4. The van der Waals surface area contributed by atoms with Crippen molar-refractivity contribution in [3.63, 3.8) is 0 Å². The number of benzene rings is 4. The summed E-state index contributed by atoms with van der Waals surface area (Å²) in [5.41, 5.74) is 15.1. The van der Waals surface area contributed by atoms with E-state index < -0.39 is 0 Å². The van der Waals surface area contributed by atoms with Crippen LogP contribution in [0.2, 0.25) is 0 Å². The van der Waals surface area contributed by atoms with Gasteiger partial charge in [0.2, 0.25) is 0 Å². The van der Waals surface area contributed by atoms with Gasteiger partial charge in [0.05, 0.1) is 0 Å². The molecule has 0 aliphatic heterocycles. The average Bonchev–Trinajstić information content (AvgIpc) is 2.70. The van der Waals surface area contributed by atoms with Crippen molar-refractivity contribution in [3.05, 3.63) is 97.1 Å². The number of ether oxygens (including phenoxy) is 2. The van der Waals surface area contributed by atoms with Crippen LogP contribution < -0.4 is 20.9 Å². The van der Waals surface area contributed by atoms with E-state index in [1.807, 2.05) is 72.8 Å². The van der Waals surface area contributed by atoms with Gasteiger partial charge >= 0.3 is 0 Å². The van der Waals surface area contributed by atoms with Gasteiger partial charge in [-0.1, -0.05) is 48.5 Å². The number of rotatable bonds is 5. The molecule has 138 valence electrons. The van der Waals surface area contributed by atoms with Crippen molar-refractivity contribution >= 4 is 11.4 Å². The molecule has 0 heterocycles. The zero-order valence-electron chi connectivity index (χ0n) is 15.2. The molecule has 0 aromatic heterocycles. The third-order valence-corrected chi connectivity index (χ3v) is 4.22. The Bertz CT molecular complexity index is 1090. The first-order valence-corrected chi connectivity index (χ1v) is 8.94. The van der Waals surface area contributed by atoms with Crippen LogP contribution in [0.3, 0.4) is 0 Å². The molecular formula is C24H20N2O2. The lowest BCUT2D eigenvalue weighted by molar-refractivity contribution is 0.419. The second kappa shape index (κ2) is 7.76. The van der Waals surface area contributed by atoms with E-state index in [0.717, 1.165) is 11.1 Å². The van der Waals surface area contributed by atoms with Crippen molar-refractivity contribution in [1.82, 2.24) is 0 Å². The summed E-state index contributed by atoms with van der Waals surface area (Å²) < 4.78 is 12.2. The lowest BCUT2D eigenvalue weighted by atomic mass is 10.1. The minimum atomic E-state index is 0.590. The summed E-state index contributed by atoms with van der Waals surface area (Å²) in [6.07, 6.45) is 0. The summed E-state index contributed by atoms with van der Waals surface area (Å²) >= 11 is 0. The van der Waals surface area contributed by atoms with Crippen LogP contribution >= 0.6 is 0 Å². The topological polar surface area (TPSA) is 70.5 Å². The van der Waals surface area contributed by atoms with E-state index in [-0.39, 0.29) is 0 Å². The molecule has 4 N–H and O–H groups in total. The fourth-order valence-corrected chi connectivity index (χ4v) is 2.89. The summed E-state index contributed by atoms with van der Waals surface area (Å²) in [6, 6.07) is 30.6. The van der Waals surface area contributed by atoms with Crippen molar-refractivity contribution in [2.24, 2.45) is 0 Å². The molecule has 0 amide bonds. The molecule has 0 bridgehead atoms. The summed E-state index contributed by atoms with van der Waals surface area (Å²) in [6.45, 7) is 0. The number of hydrogen-bond donors (Lipinski definition) is 2. The van der Waals surface area contributed by atoms with E-state index in [0.29, 0.717) is 34.4 Å². The third-order valence-electron chi connectivity index (χ3n) is 4.22. The molecule has 0 atom stereocenters. The molecule has 28 heavy (non-hydrogen) atoms. The molecule has 0 fully saturated rings. The maximum atomic E-state index is 6.12. The largest absolute Gasteiger partial charge is 0.453 e. The Morgan fingerprint density at radius 3 is 1.68 bits per heavy atom. The minimum Gasteiger partial charge on any atom is -0.453 e. The highest BCUT2D eigenvalue weighted by Gasteiger charge is 2.11. The number of anilines is 2. The average molecular weight is 368 g/mol. The van der Waals surface area contributed by atoms with Crippen molar-refractivity contribution in [2.75, 3.05) is 11.5 Å². The van der Waals surface area contributed by atoms with Crippen LogP contribution in [-0.4, -0.2) is 0 Å². The van der Waals surface area contributed by atoms with Crippen molar-refractivity contribution in [2.45, 2.75) is 0 Å².